The number of hydrogen-bond donors (Lipinski definition) is 0. The fraction of sp³-hybridized carbons (Fsp3) is 0.200. The van der Waals surface area contributed by atoms with Gasteiger partial charge in [0.05, 0.1) is 6.42 Å². The molecule has 0 fully saturated rings. The lowest BCUT2D eigenvalue weighted by molar-refractivity contribution is -0.677. The van der Waals surface area contributed by atoms with E-state index in [1.165, 1.54) is 10.8 Å². The van der Waals surface area contributed by atoms with Crippen LogP contribution in [0.3, 0.4) is 0 Å². The molecule has 0 aliphatic carbocycles. The summed E-state index contributed by atoms with van der Waals surface area (Å²) in [5.41, 5.74) is 2.16. The van der Waals surface area contributed by atoms with E-state index in [2.05, 4.69) is 22.8 Å². The van der Waals surface area contributed by atoms with Crippen molar-refractivity contribution in [2.24, 2.45) is 7.05 Å². The lowest BCUT2D eigenvalue weighted by atomic mass is 10.1. The molecule has 0 bridgehead atoms. The number of benzene rings is 2. The maximum Gasteiger partial charge on any atom is 0.306 e. The van der Waals surface area contributed by atoms with Crippen molar-refractivity contribution in [3.63, 3.8) is 0 Å². The standard InChI is InChI=1S/C20H20NO2/c1-21-14-13-17-9-5-6-10-18(17)19(21)11-12-20(22)23-15-16-7-3-2-4-8-16/h2-10,13-14H,11-12,15H2,1H3/q+1. The first kappa shape index (κ1) is 15.2. The number of carbonyl (C=O) groups is 1. The first-order valence-corrected chi connectivity index (χ1v) is 7.80. The van der Waals surface area contributed by atoms with Crippen LogP contribution in [-0.4, -0.2) is 5.97 Å². The number of aryl methyl sites for hydroxylation is 2. The minimum Gasteiger partial charge on any atom is -0.461 e. The van der Waals surface area contributed by atoms with Crippen LogP contribution in [0.1, 0.15) is 17.7 Å². The number of nitrogens with zero attached hydrogens (tertiary/aromatic N) is 1. The summed E-state index contributed by atoms with van der Waals surface area (Å²) in [6, 6.07) is 20.1. The number of ether oxygens (including phenoxy) is 1. The topological polar surface area (TPSA) is 30.2 Å². The van der Waals surface area contributed by atoms with E-state index in [-0.39, 0.29) is 5.97 Å². The summed E-state index contributed by atoms with van der Waals surface area (Å²) < 4.78 is 7.43. The molecule has 0 N–H and O–H groups in total. The van der Waals surface area contributed by atoms with E-state index in [4.69, 9.17) is 4.74 Å². The van der Waals surface area contributed by atoms with Gasteiger partial charge in [0.2, 0.25) is 0 Å². The third-order valence-corrected chi connectivity index (χ3v) is 3.98. The summed E-state index contributed by atoms with van der Waals surface area (Å²) >= 11 is 0. The first-order valence-electron chi connectivity index (χ1n) is 7.80. The fourth-order valence-electron chi connectivity index (χ4n) is 2.72. The molecule has 0 spiro atoms. The highest BCUT2D eigenvalue weighted by Gasteiger charge is 2.14. The number of pyridine rings is 1. The Morgan fingerprint density at radius 2 is 1.74 bits per heavy atom. The minimum atomic E-state index is -0.165. The van der Waals surface area contributed by atoms with Gasteiger partial charge in [-0.3, -0.25) is 4.79 Å². The normalized spacial score (nSPS) is 10.7. The van der Waals surface area contributed by atoms with Gasteiger partial charge in [0.15, 0.2) is 11.9 Å². The largest absolute Gasteiger partial charge is 0.461 e. The summed E-state index contributed by atoms with van der Waals surface area (Å²) in [6.45, 7) is 0.335. The number of aromatic nitrogens is 1. The van der Waals surface area contributed by atoms with Crippen LogP contribution in [0.25, 0.3) is 10.8 Å². The third kappa shape index (κ3) is 3.75. The zero-order valence-electron chi connectivity index (χ0n) is 13.2. The highest BCUT2D eigenvalue weighted by atomic mass is 16.5. The molecule has 23 heavy (non-hydrogen) atoms. The highest BCUT2D eigenvalue weighted by Crippen LogP contribution is 2.16. The number of carbonyl (C=O) groups excluding carboxylic acids is 1. The second-order valence-electron chi connectivity index (χ2n) is 5.61. The second kappa shape index (κ2) is 7.05. The zero-order valence-corrected chi connectivity index (χ0v) is 13.2. The van der Waals surface area contributed by atoms with Gasteiger partial charge in [-0.25, -0.2) is 4.57 Å². The summed E-state index contributed by atoms with van der Waals surface area (Å²) in [7, 11) is 2.01. The smallest absolute Gasteiger partial charge is 0.306 e. The molecule has 0 amide bonds. The van der Waals surface area contributed by atoms with Crippen molar-refractivity contribution in [3.8, 4) is 0 Å². The summed E-state index contributed by atoms with van der Waals surface area (Å²) in [5, 5.41) is 2.38. The molecule has 0 atom stereocenters. The van der Waals surface area contributed by atoms with Gasteiger partial charge in [0.1, 0.15) is 13.7 Å². The Balaban J connectivity index is 1.64. The number of fused-ring (bicyclic) bond motifs is 1. The van der Waals surface area contributed by atoms with Crippen molar-refractivity contribution in [3.05, 3.63) is 78.1 Å². The molecular formula is C20H20NO2+. The van der Waals surface area contributed by atoms with Crippen molar-refractivity contribution in [1.29, 1.82) is 0 Å². The fourth-order valence-corrected chi connectivity index (χ4v) is 2.72. The second-order valence-corrected chi connectivity index (χ2v) is 5.61. The van der Waals surface area contributed by atoms with E-state index in [1.807, 2.05) is 55.7 Å². The predicted molar refractivity (Wildman–Crippen MR) is 89.7 cm³/mol. The molecule has 0 aliphatic heterocycles. The number of rotatable bonds is 5. The molecule has 2 aromatic carbocycles. The lowest BCUT2D eigenvalue weighted by Gasteiger charge is -2.06. The quantitative estimate of drug-likeness (QED) is 0.534. The predicted octanol–water partition coefficient (Wildman–Crippen LogP) is 3.34. The summed E-state index contributed by atoms with van der Waals surface area (Å²) in [6.07, 6.45) is 3.09. The van der Waals surface area contributed by atoms with Crippen LogP contribution in [0.5, 0.6) is 0 Å². The van der Waals surface area contributed by atoms with Crippen LogP contribution in [-0.2, 0) is 29.6 Å². The Kier molecular flexibility index (Phi) is 4.67. The van der Waals surface area contributed by atoms with Gasteiger partial charge in [-0.15, -0.1) is 0 Å². The van der Waals surface area contributed by atoms with Crippen molar-refractivity contribution in [1.82, 2.24) is 0 Å². The molecule has 1 aromatic heterocycles. The van der Waals surface area contributed by atoms with Crippen molar-refractivity contribution >= 4 is 16.7 Å². The first-order chi connectivity index (χ1) is 11.2. The molecule has 0 radical (unpaired) electrons. The van der Waals surface area contributed by atoms with E-state index in [0.717, 1.165) is 11.3 Å². The highest BCUT2D eigenvalue weighted by molar-refractivity contribution is 5.83. The SMILES string of the molecule is C[n+]1ccc2ccccc2c1CCC(=O)OCc1ccccc1. The Hall–Kier alpha value is -2.68. The number of hydrogen-bond acceptors (Lipinski definition) is 2. The Morgan fingerprint density at radius 1 is 1.00 bits per heavy atom. The van der Waals surface area contributed by atoms with Crippen LogP contribution in [0.15, 0.2) is 66.9 Å². The van der Waals surface area contributed by atoms with Gasteiger partial charge in [0, 0.05) is 17.9 Å². The molecule has 3 aromatic rings. The van der Waals surface area contributed by atoms with E-state index < -0.39 is 0 Å². The average molecular weight is 306 g/mol. The molecule has 0 aliphatic rings. The molecule has 0 saturated carbocycles. The Bertz CT molecular complexity index is 812. The monoisotopic (exact) mass is 306 g/mol. The summed E-state index contributed by atoms with van der Waals surface area (Å²) in [5.74, 6) is -0.165. The molecule has 0 saturated heterocycles. The molecule has 116 valence electrons. The van der Waals surface area contributed by atoms with Crippen LogP contribution in [0.2, 0.25) is 0 Å². The van der Waals surface area contributed by atoms with E-state index >= 15 is 0 Å². The summed E-state index contributed by atoms with van der Waals surface area (Å²) in [4.78, 5) is 12.0. The van der Waals surface area contributed by atoms with Gasteiger partial charge in [-0.1, -0.05) is 48.5 Å². The maximum absolute atomic E-state index is 12.0. The van der Waals surface area contributed by atoms with Gasteiger partial charge < -0.3 is 4.74 Å². The zero-order chi connectivity index (χ0) is 16.1. The van der Waals surface area contributed by atoms with Crippen LogP contribution >= 0.6 is 0 Å². The van der Waals surface area contributed by atoms with E-state index in [0.29, 0.717) is 19.4 Å². The van der Waals surface area contributed by atoms with Gasteiger partial charge >= 0.3 is 5.97 Å². The Morgan fingerprint density at radius 3 is 2.57 bits per heavy atom. The van der Waals surface area contributed by atoms with Crippen molar-refractivity contribution in [2.45, 2.75) is 19.4 Å². The van der Waals surface area contributed by atoms with Crippen LogP contribution in [0.4, 0.5) is 0 Å². The molecule has 0 unspecified atom stereocenters. The molecule has 3 rings (SSSR count). The van der Waals surface area contributed by atoms with Crippen LogP contribution < -0.4 is 4.57 Å². The molecular weight excluding hydrogens is 286 g/mol. The van der Waals surface area contributed by atoms with Crippen molar-refractivity contribution in [2.75, 3.05) is 0 Å². The number of esters is 1. The molecule has 1 heterocycles. The Labute approximate surface area is 136 Å². The van der Waals surface area contributed by atoms with Gasteiger partial charge in [0.25, 0.3) is 0 Å². The third-order valence-electron chi connectivity index (χ3n) is 3.98. The molecule has 3 nitrogen and oxygen atoms in total. The van der Waals surface area contributed by atoms with Crippen LogP contribution in [0, 0.1) is 0 Å². The lowest BCUT2D eigenvalue weighted by Crippen LogP contribution is -2.33. The molecule has 3 heteroatoms. The van der Waals surface area contributed by atoms with Gasteiger partial charge in [-0.05, 0) is 17.0 Å². The van der Waals surface area contributed by atoms with Gasteiger partial charge in [-0.2, -0.15) is 0 Å². The van der Waals surface area contributed by atoms with E-state index in [1.54, 1.807) is 0 Å². The maximum atomic E-state index is 12.0. The average Bonchev–Trinajstić information content (AvgIpc) is 2.60. The van der Waals surface area contributed by atoms with Crippen molar-refractivity contribution < 1.29 is 14.1 Å². The minimum absolute atomic E-state index is 0.165. The van der Waals surface area contributed by atoms with E-state index in [9.17, 15) is 4.79 Å².